The largest absolute Gasteiger partial charge is 0.480 e. The number of thiazole rings is 1. The van der Waals surface area contributed by atoms with Crippen molar-refractivity contribution in [2.75, 3.05) is 20.3 Å². The minimum atomic E-state index is -3.77. The van der Waals surface area contributed by atoms with Crippen LogP contribution in [0.4, 0.5) is 4.39 Å². The summed E-state index contributed by atoms with van der Waals surface area (Å²) in [5.41, 5.74) is 4.92. The zero-order valence-corrected chi connectivity index (χ0v) is 21.8. The van der Waals surface area contributed by atoms with Crippen molar-refractivity contribution in [1.29, 1.82) is 0 Å². The molecule has 0 bridgehead atoms. The molecule has 0 aliphatic heterocycles. The molecule has 9 nitrogen and oxygen atoms in total. The number of fused-ring (bicyclic) bond motifs is 2. The van der Waals surface area contributed by atoms with Crippen LogP contribution in [-0.2, 0) is 10.0 Å². The van der Waals surface area contributed by atoms with Gasteiger partial charge in [-0.15, -0.1) is 0 Å². The van der Waals surface area contributed by atoms with Crippen molar-refractivity contribution in [3.8, 4) is 22.3 Å². The van der Waals surface area contributed by atoms with Crippen LogP contribution in [0.2, 0.25) is 0 Å². The summed E-state index contributed by atoms with van der Waals surface area (Å²) in [6, 6.07) is 10.3. The summed E-state index contributed by atoms with van der Waals surface area (Å²) in [5.74, 6) is 0.293. The fraction of sp³-hybridized carbons (Fsp3) is 0.200. The quantitative estimate of drug-likeness (QED) is 0.288. The Bertz CT molecular complexity index is 1720. The molecule has 0 aliphatic carbocycles. The van der Waals surface area contributed by atoms with Crippen LogP contribution in [-0.4, -0.2) is 48.6 Å². The van der Waals surface area contributed by atoms with E-state index in [-0.39, 0.29) is 18.0 Å². The van der Waals surface area contributed by atoms with Gasteiger partial charge in [0.2, 0.25) is 21.8 Å². The first-order valence-electron chi connectivity index (χ1n) is 11.2. The summed E-state index contributed by atoms with van der Waals surface area (Å²) in [5, 5.41) is 0.753. The van der Waals surface area contributed by atoms with Gasteiger partial charge in [-0.25, -0.2) is 37.5 Å². The molecule has 5 aromatic rings. The van der Waals surface area contributed by atoms with Crippen LogP contribution in [0.25, 0.3) is 32.0 Å². The Morgan fingerprint density at radius 1 is 1.00 bits per heavy atom. The van der Waals surface area contributed by atoms with Gasteiger partial charge in [-0.2, -0.15) is 0 Å². The topological polar surface area (TPSA) is 116 Å². The van der Waals surface area contributed by atoms with Gasteiger partial charge >= 0.3 is 0 Å². The van der Waals surface area contributed by atoms with E-state index < -0.39 is 15.8 Å². The predicted octanol–water partition coefficient (Wildman–Crippen LogP) is 4.42. The van der Waals surface area contributed by atoms with E-state index in [1.165, 1.54) is 23.5 Å². The van der Waals surface area contributed by atoms with E-state index in [9.17, 15) is 12.8 Å². The maximum atomic E-state index is 13.1. The summed E-state index contributed by atoms with van der Waals surface area (Å²) in [7, 11) is -2.22. The molecule has 3 heterocycles. The predicted molar refractivity (Wildman–Crippen MR) is 139 cm³/mol. The molecule has 3 aromatic heterocycles. The highest BCUT2D eigenvalue weighted by atomic mass is 32.2. The molecule has 5 rings (SSSR count). The second-order valence-corrected chi connectivity index (χ2v) is 11.0. The lowest BCUT2D eigenvalue weighted by Gasteiger charge is -2.08. The van der Waals surface area contributed by atoms with Gasteiger partial charge in [0, 0.05) is 18.2 Å². The SMILES string of the molecule is COc1cnc2c(-c3nc4c(C)cc(OCCNS(=O)(=O)c5ccc(F)cc5)nc4s3)cc(C)cc2n1. The average Bonchev–Trinajstić information content (AvgIpc) is 3.31. The second kappa shape index (κ2) is 9.96. The third-order valence-corrected chi connectivity index (χ3v) is 7.97. The molecule has 0 unspecified atom stereocenters. The number of hydrogen-bond acceptors (Lipinski definition) is 9. The van der Waals surface area contributed by atoms with E-state index in [0.29, 0.717) is 27.6 Å². The average molecular weight is 540 g/mol. The number of pyridine rings is 1. The smallest absolute Gasteiger partial charge is 0.240 e. The molecule has 0 radical (unpaired) electrons. The van der Waals surface area contributed by atoms with Crippen molar-refractivity contribution in [2.45, 2.75) is 18.7 Å². The molecule has 2 aromatic carbocycles. The second-order valence-electron chi connectivity index (χ2n) is 8.24. The zero-order valence-electron chi connectivity index (χ0n) is 20.1. The summed E-state index contributed by atoms with van der Waals surface area (Å²) < 4.78 is 51.1. The summed E-state index contributed by atoms with van der Waals surface area (Å²) in [4.78, 5) is 19.1. The van der Waals surface area contributed by atoms with Crippen LogP contribution in [0.15, 0.2) is 53.6 Å². The molecule has 0 fully saturated rings. The van der Waals surface area contributed by atoms with Gasteiger partial charge in [0.05, 0.1) is 29.2 Å². The Hall–Kier alpha value is -3.74. The molecule has 0 saturated heterocycles. The first-order valence-corrected chi connectivity index (χ1v) is 13.5. The number of benzene rings is 2. The van der Waals surface area contributed by atoms with E-state index in [0.717, 1.165) is 39.3 Å². The monoisotopic (exact) mass is 539 g/mol. The number of methoxy groups -OCH3 is 1. The fourth-order valence-corrected chi connectivity index (χ4v) is 5.80. The van der Waals surface area contributed by atoms with Crippen molar-refractivity contribution in [3.05, 3.63) is 65.6 Å². The van der Waals surface area contributed by atoms with Crippen LogP contribution < -0.4 is 14.2 Å². The number of nitrogens with one attached hydrogen (secondary N) is 1. The molecule has 0 saturated carbocycles. The van der Waals surface area contributed by atoms with Gasteiger partial charge in [-0.3, -0.25) is 0 Å². The highest BCUT2D eigenvalue weighted by molar-refractivity contribution is 7.89. The van der Waals surface area contributed by atoms with Gasteiger partial charge in [0.15, 0.2) is 0 Å². The molecule has 1 N–H and O–H groups in total. The standard InChI is InChI=1S/C25H22FN5O4S2/c1-14-10-18(23-19(11-14)29-21(34-3)13-27-23)24-31-22-15(2)12-20(30-25(22)36-24)35-9-8-28-37(32,33)17-6-4-16(26)5-7-17/h4-7,10-13,28H,8-9H2,1-3H3. The number of halogens is 1. The highest BCUT2D eigenvalue weighted by Gasteiger charge is 2.17. The van der Waals surface area contributed by atoms with Gasteiger partial charge in [-0.1, -0.05) is 11.3 Å². The van der Waals surface area contributed by atoms with Crippen molar-refractivity contribution >= 4 is 42.7 Å². The van der Waals surface area contributed by atoms with Crippen LogP contribution in [0.3, 0.4) is 0 Å². The number of aromatic nitrogens is 4. The molecule has 0 atom stereocenters. The van der Waals surface area contributed by atoms with Crippen LogP contribution in [0.1, 0.15) is 11.1 Å². The highest BCUT2D eigenvalue weighted by Crippen LogP contribution is 2.36. The Balaban J connectivity index is 1.35. The van der Waals surface area contributed by atoms with Crippen molar-refractivity contribution in [2.24, 2.45) is 0 Å². The third kappa shape index (κ3) is 5.22. The lowest BCUT2D eigenvalue weighted by Crippen LogP contribution is -2.28. The normalized spacial score (nSPS) is 11.8. The fourth-order valence-electron chi connectivity index (χ4n) is 3.76. The van der Waals surface area contributed by atoms with Crippen molar-refractivity contribution < 1.29 is 22.3 Å². The Kier molecular flexibility index (Phi) is 6.71. The Labute approximate surface area is 216 Å². The first kappa shape index (κ1) is 24.9. The number of rotatable bonds is 8. The van der Waals surface area contributed by atoms with Gasteiger partial charge in [0.1, 0.15) is 27.8 Å². The molecule has 0 spiro atoms. The third-order valence-electron chi connectivity index (χ3n) is 5.51. The van der Waals surface area contributed by atoms with E-state index in [1.807, 2.05) is 26.0 Å². The lowest BCUT2D eigenvalue weighted by atomic mass is 10.1. The Morgan fingerprint density at radius 2 is 1.78 bits per heavy atom. The molecule has 12 heteroatoms. The van der Waals surface area contributed by atoms with Crippen molar-refractivity contribution in [3.63, 3.8) is 0 Å². The molecule has 0 aliphatic rings. The molecule has 37 heavy (non-hydrogen) atoms. The Morgan fingerprint density at radius 3 is 2.54 bits per heavy atom. The van der Waals surface area contributed by atoms with E-state index in [2.05, 4.69) is 19.7 Å². The van der Waals surface area contributed by atoms with Gasteiger partial charge < -0.3 is 9.47 Å². The minimum absolute atomic E-state index is 0.0177. The van der Waals surface area contributed by atoms with Crippen molar-refractivity contribution in [1.82, 2.24) is 24.7 Å². The summed E-state index contributed by atoms with van der Waals surface area (Å²) >= 11 is 1.41. The van der Waals surface area contributed by atoms with E-state index in [4.69, 9.17) is 14.5 Å². The minimum Gasteiger partial charge on any atom is -0.480 e. The number of ether oxygens (including phenoxy) is 2. The molecular weight excluding hydrogens is 517 g/mol. The molecule has 0 amide bonds. The molecule has 190 valence electrons. The van der Waals surface area contributed by atoms with E-state index >= 15 is 0 Å². The van der Waals surface area contributed by atoms with Gasteiger partial charge in [0.25, 0.3) is 0 Å². The zero-order chi connectivity index (χ0) is 26.2. The maximum Gasteiger partial charge on any atom is 0.240 e. The van der Waals surface area contributed by atoms with Crippen LogP contribution in [0, 0.1) is 19.7 Å². The summed E-state index contributed by atoms with van der Waals surface area (Å²) in [6.07, 6.45) is 1.58. The summed E-state index contributed by atoms with van der Waals surface area (Å²) in [6.45, 7) is 3.97. The first-order chi connectivity index (χ1) is 17.7. The van der Waals surface area contributed by atoms with Crippen LogP contribution >= 0.6 is 11.3 Å². The number of hydrogen-bond donors (Lipinski definition) is 1. The van der Waals surface area contributed by atoms with E-state index in [1.54, 1.807) is 19.4 Å². The lowest BCUT2D eigenvalue weighted by molar-refractivity contribution is 0.311. The number of sulfonamides is 1. The maximum absolute atomic E-state index is 13.1. The van der Waals surface area contributed by atoms with Crippen LogP contribution in [0.5, 0.6) is 11.8 Å². The van der Waals surface area contributed by atoms with Gasteiger partial charge in [-0.05, 0) is 61.4 Å². The number of aryl methyl sites for hydroxylation is 2. The molecular formula is C25H22FN5O4S2. The number of nitrogens with zero attached hydrogens (tertiary/aromatic N) is 4.